The summed E-state index contributed by atoms with van der Waals surface area (Å²) in [4.78, 5) is 4.27. The minimum Gasteiger partial charge on any atom is -0.313 e. The summed E-state index contributed by atoms with van der Waals surface area (Å²) in [7, 11) is 1.86. The standard InChI is InChI=1S/C8H9ClN4/c1-10-4-7-11-8-3-2-6(9)5-13(8)12-7/h2-3,5,10H,4H2,1H3. The fourth-order valence-electron chi connectivity index (χ4n) is 1.14. The molecule has 0 amide bonds. The molecule has 5 heteroatoms. The zero-order chi connectivity index (χ0) is 9.26. The van der Waals surface area contributed by atoms with Crippen molar-refractivity contribution in [2.24, 2.45) is 0 Å². The number of pyridine rings is 1. The fourth-order valence-corrected chi connectivity index (χ4v) is 1.29. The predicted molar refractivity (Wildman–Crippen MR) is 50.8 cm³/mol. The molecule has 68 valence electrons. The molecule has 4 nitrogen and oxygen atoms in total. The van der Waals surface area contributed by atoms with Crippen LogP contribution < -0.4 is 5.32 Å². The molecule has 0 unspecified atom stereocenters. The highest BCUT2D eigenvalue weighted by molar-refractivity contribution is 6.30. The molecule has 2 heterocycles. The third-order valence-electron chi connectivity index (χ3n) is 1.67. The van der Waals surface area contributed by atoms with E-state index in [9.17, 15) is 0 Å². The fraction of sp³-hybridized carbons (Fsp3) is 0.250. The van der Waals surface area contributed by atoms with E-state index in [0.717, 1.165) is 11.5 Å². The molecule has 2 aromatic rings. The SMILES string of the molecule is CNCc1nc2ccc(Cl)cn2n1. The van der Waals surface area contributed by atoms with E-state index in [0.29, 0.717) is 11.6 Å². The van der Waals surface area contributed by atoms with E-state index in [1.807, 2.05) is 13.1 Å². The van der Waals surface area contributed by atoms with Gasteiger partial charge in [-0.15, -0.1) is 5.10 Å². The molecule has 0 radical (unpaired) electrons. The summed E-state index contributed by atoms with van der Waals surface area (Å²) in [6.07, 6.45) is 1.74. The van der Waals surface area contributed by atoms with Crippen LogP contribution in [-0.2, 0) is 6.54 Å². The Balaban J connectivity index is 2.49. The molecule has 0 saturated carbocycles. The van der Waals surface area contributed by atoms with E-state index in [4.69, 9.17) is 11.6 Å². The minimum absolute atomic E-state index is 0.661. The second-order valence-corrected chi connectivity index (χ2v) is 3.14. The average Bonchev–Trinajstić information content (AvgIpc) is 2.46. The molecule has 0 aliphatic heterocycles. The number of fused-ring (bicyclic) bond motifs is 1. The van der Waals surface area contributed by atoms with Crippen molar-refractivity contribution < 1.29 is 0 Å². The van der Waals surface area contributed by atoms with Gasteiger partial charge in [0, 0.05) is 6.20 Å². The lowest BCUT2D eigenvalue weighted by Crippen LogP contribution is -2.06. The summed E-state index contributed by atoms with van der Waals surface area (Å²) in [5, 5.41) is 7.87. The Morgan fingerprint density at radius 3 is 3.15 bits per heavy atom. The van der Waals surface area contributed by atoms with Crippen molar-refractivity contribution in [3.63, 3.8) is 0 Å². The van der Waals surface area contributed by atoms with Gasteiger partial charge in [-0.05, 0) is 19.2 Å². The van der Waals surface area contributed by atoms with Crippen LogP contribution in [0.4, 0.5) is 0 Å². The first-order valence-corrected chi connectivity index (χ1v) is 4.33. The largest absolute Gasteiger partial charge is 0.313 e. The highest BCUT2D eigenvalue weighted by atomic mass is 35.5. The van der Waals surface area contributed by atoms with Crippen LogP contribution in [0.25, 0.3) is 5.65 Å². The van der Waals surface area contributed by atoms with Crippen LogP contribution in [-0.4, -0.2) is 21.6 Å². The average molecular weight is 197 g/mol. The molecule has 0 aromatic carbocycles. The first-order chi connectivity index (χ1) is 6.29. The second-order valence-electron chi connectivity index (χ2n) is 2.71. The second kappa shape index (κ2) is 3.32. The molecule has 0 spiro atoms. The number of nitrogens with one attached hydrogen (secondary N) is 1. The number of hydrogen-bond acceptors (Lipinski definition) is 3. The number of halogens is 1. The molecule has 2 aromatic heterocycles. The van der Waals surface area contributed by atoms with Gasteiger partial charge in [0.25, 0.3) is 0 Å². The van der Waals surface area contributed by atoms with Gasteiger partial charge in [0.2, 0.25) is 0 Å². The number of hydrogen-bond donors (Lipinski definition) is 1. The molecular formula is C8H9ClN4. The molecule has 0 bridgehead atoms. The highest BCUT2D eigenvalue weighted by Gasteiger charge is 2.01. The zero-order valence-electron chi connectivity index (χ0n) is 7.16. The molecule has 0 atom stereocenters. The first kappa shape index (κ1) is 8.47. The molecule has 2 rings (SSSR count). The molecule has 0 saturated heterocycles. The monoisotopic (exact) mass is 196 g/mol. The molecule has 1 N–H and O–H groups in total. The van der Waals surface area contributed by atoms with Crippen LogP contribution in [0, 0.1) is 0 Å². The number of aromatic nitrogens is 3. The van der Waals surface area contributed by atoms with Crippen molar-refractivity contribution in [1.29, 1.82) is 0 Å². The normalized spacial score (nSPS) is 10.9. The lowest BCUT2D eigenvalue weighted by Gasteiger charge is -1.90. The number of nitrogens with zero attached hydrogens (tertiary/aromatic N) is 3. The third kappa shape index (κ3) is 1.64. The van der Waals surface area contributed by atoms with Crippen molar-refractivity contribution in [2.75, 3.05) is 7.05 Å². The van der Waals surface area contributed by atoms with Crippen molar-refractivity contribution in [3.05, 3.63) is 29.2 Å². The van der Waals surface area contributed by atoms with Crippen molar-refractivity contribution in [3.8, 4) is 0 Å². The molecule has 13 heavy (non-hydrogen) atoms. The van der Waals surface area contributed by atoms with E-state index in [1.165, 1.54) is 0 Å². The quantitative estimate of drug-likeness (QED) is 0.782. The van der Waals surface area contributed by atoms with E-state index in [-0.39, 0.29) is 0 Å². The Morgan fingerprint density at radius 1 is 1.54 bits per heavy atom. The predicted octanol–water partition coefficient (Wildman–Crippen LogP) is 1.10. The van der Waals surface area contributed by atoms with Gasteiger partial charge in [-0.2, -0.15) is 0 Å². The maximum atomic E-state index is 5.80. The Morgan fingerprint density at radius 2 is 2.38 bits per heavy atom. The summed E-state index contributed by atoms with van der Waals surface area (Å²) in [6, 6.07) is 3.64. The highest BCUT2D eigenvalue weighted by Crippen LogP contribution is 2.09. The van der Waals surface area contributed by atoms with Gasteiger partial charge in [-0.3, -0.25) is 0 Å². The molecule has 0 aliphatic rings. The number of rotatable bonds is 2. The van der Waals surface area contributed by atoms with Gasteiger partial charge in [0.15, 0.2) is 11.5 Å². The summed E-state index contributed by atoms with van der Waals surface area (Å²) in [5.74, 6) is 0.768. The van der Waals surface area contributed by atoms with Gasteiger partial charge < -0.3 is 5.32 Å². The van der Waals surface area contributed by atoms with Crippen LogP contribution in [0.5, 0.6) is 0 Å². The van der Waals surface area contributed by atoms with Gasteiger partial charge in [-0.1, -0.05) is 11.6 Å². The van der Waals surface area contributed by atoms with Crippen LogP contribution in [0.3, 0.4) is 0 Å². The van der Waals surface area contributed by atoms with E-state index in [2.05, 4.69) is 15.4 Å². The maximum absolute atomic E-state index is 5.80. The first-order valence-electron chi connectivity index (χ1n) is 3.95. The molecular weight excluding hydrogens is 188 g/mol. The van der Waals surface area contributed by atoms with Gasteiger partial charge >= 0.3 is 0 Å². The molecule has 0 aliphatic carbocycles. The van der Waals surface area contributed by atoms with E-state index in [1.54, 1.807) is 16.8 Å². The molecule has 0 fully saturated rings. The van der Waals surface area contributed by atoms with Crippen LogP contribution in [0.15, 0.2) is 18.3 Å². The Hall–Kier alpha value is -1.13. The van der Waals surface area contributed by atoms with Gasteiger partial charge in [0.05, 0.1) is 11.6 Å². The smallest absolute Gasteiger partial charge is 0.165 e. The van der Waals surface area contributed by atoms with Crippen LogP contribution in [0.1, 0.15) is 5.82 Å². The van der Waals surface area contributed by atoms with Crippen LogP contribution in [0.2, 0.25) is 5.02 Å². The Kier molecular flexibility index (Phi) is 2.16. The summed E-state index contributed by atoms with van der Waals surface area (Å²) in [6.45, 7) is 0.666. The van der Waals surface area contributed by atoms with Crippen molar-refractivity contribution >= 4 is 17.2 Å². The third-order valence-corrected chi connectivity index (χ3v) is 1.90. The summed E-state index contributed by atoms with van der Waals surface area (Å²) < 4.78 is 1.68. The van der Waals surface area contributed by atoms with Crippen LogP contribution >= 0.6 is 11.6 Å². The summed E-state index contributed by atoms with van der Waals surface area (Å²) in [5.41, 5.74) is 0.814. The van der Waals surface area contributed by atoms with E-state index >= 15 is 0 Å². The Bertz CT molecular complexity index is 423. The summed E-state index contributed by atoms with van der Waals surface area (Å²) >= 11 is 5.80. The lowest BCUT2D eigenvalue weighted by molar-refractivity contribution is 0.752. The topological polar surface area (TPSA) is 42.2 Å². The van der Waals surface area contributed by atoms with Gasteiger partial charge in [0.1, 0.15) is 0 Å². The van der Waals surface area contributed by atoms with E-state index < -0.39 is 0 Å². The minimum atomic E-state index is 0.661. The lowest BCUT2D eigenvalue weighted by atomic mass is 10.5. The van der Waals surface area contributed by atoms with Crippen molar-refractivity contribution in [2.45, 2.75) is 6.54 Å². The van der Waals surface area contributed by atoms with Crippen molar-refractivity contribution in [1.82, 2.24) is 19.9 Å². The zero-order valence-corrected chi connectivity index (χ0v) is 7.91. The Labute approximate surface area is 80.5 Å². The maximum Gasteiger partial charge on any atom is 0.165 e. The van der Waals surface area contributed by atoms with Gasteiger partial charge in [-0.25, -0.2) is 9.50 Å².